The minimum Gasteiger partial charge on any atom is -0.372 e. The third-order valence-corrected chi connectivity index (χ3v) is 2.34. The number of nitrogens with one attached hydrogen (secondary N) is 1. The summed E-state index contributed by atoms with van der Waals surface area (Å²) in [5.74, 6) is 0. The fraction of sp³-hybridized carbons (Fsp3) is 0.462. The van der Waals surface area contributed by atoms with E-state index < -0.39 is 0 Å². The molecule has 1 unspecified atom stereocenters. The van der Waals surface area contributed by atoms with Crippen molar-refractivity contribution < 1.29 is 0 Å². The zero-order valence-electron chi connectivity index (χ0n) is 10.1. The highest BCUT2D eigenvalue weighted by atomic mass is 15.1. The van der Waals surface area contributed by atoms with Crippen LogP contribution in [0.4, 0.5) is 5.69 Å². The zero-order chi connectivity index (χ0) is 12.0. The van der Waals surface area contributed by atoms with Gasteiger partial charge in [-0.1, -0.05) is 18.2 Å². The molecule has 0 spiro atoms. The number of hydrogen-bond acceptors (Lipinski definition) is 3. The van der Waals surface area contributed by atoms with Gasteiger partial charge in [-0.2, -0.15) is 5.26 Å². The van der Waals surface area contributed by atoms with Crippen molar-refractivity contribution in [3.05, 3.63) is 30.3 Å². The topological polar surface area (TPSA) is 39.1 Å². The first-order chi connectivity index (χ1) is 7.63. The summed E-state index contributed by atoms with van der Waals surface area (Å²) >= 11 is 0. The van der Waals surface area contributed by atoms with Gasteiger partial charge in [0.1, 0.15) is 6.04 Å². The normalized spacial score (nSPS) is 12.2. The van der Waals surface area contributed by atoms with Crippen molar-refractivity contribution >= 4 is 5.69 Å². The lowest BCUT2D eigenvalue weighted by atomic mass is 10.2. The van der Waals surface area contributed by atoms with Gasteiger partial charge in [-0.3, -0.25) is 5.32 Å². The second kappa shape index (κ2) is 6.14. The first kappa shape index (κ1) is 12.5. The summed E-state index contributed by atoms with van der Waals surface area (Å²) in [7, 11) is 2.00. The molecule has 0 aliphatic heterocycles. The van der Waals surface area contributed by atoms with E-state index in [-0.39, 0.29) is 6.04 Å². The minimum atomic E-state index is -0.134. The maximum absolute atomic E-state index is 9.03. The Morgan fingerprint density at radius 3 is 2.44 bits per heavy atom. The number of rotatable bonds is 5. The smallest absolute Gasteiger partial charge is 0.113 e. The van der Waals surface area contributed by atoms with Gasteiger partial charge < -0.3 is 4.90 Å². The fourth-order valence-corrected chi connectivity index (χ4v) is 1.59. The summed E-state index contributed by atoms with van der Waals surface area (Å²) in [5.41, 5.74) is 1.13. The summed E-state index contributed by atoms with van der Waals surface area (Å²) < 4.78 is 0. The lowest BCUT2D eigenvalue weighted by Crippen LogP contribution is -2.41. The van der Waals surface area contributed by atoms with Gasteiger partial charge in [-0.25, -0.2) is 0 Å². The van der Waals surface area contributed by atoms with Gasteiger partial charge in [0.25, 0.3) is 0 Å². The monoisotopic (exact) mass is 217 g/mol. The van der Waals surface area contributed by atoms with Crippen LogP contribution in [-0.4, -0.2) is 25.7 Å². The number of anilines is 1. The highest BCUT2D eigenvalue weighted by molar-refractivity contribution is 5.45. The Morgan fingerprint density at radius 1 is 1.31 bits per heavy atom. The molecule has 1 aromatic rings. The van der Waals surface area contributed by atoms with E-state index in [9.17, 15) is 0 Å². The van der Waals surface area contributed by atoms with Gasteiger partial charge >= 0.3 is 0 Å². The summed E-state index contributed by atoms with van der Waals surface area (Å²) in [6, 6.07) is 12.6. The van der Waals surface area contributed by atoms with Gasteiger partial charge in [0.15, 0.2) is 0 Å². The highest BCUT2D eigenvalue weighted by Gasteiger charge is 2.11. The summed E-state index contributed by atoms with van der Waals surface area (Å²) in [6.07, 6.45) is 0. The molecule has 0 bridgehead atoms. The Balaban J connectivity index is 2.56. The van der Waals surface area contributed by atoms with Crippen LogP contribution in [0, 0.1) is 11.3 Å². The van der Waals surface area contributed by atoms with Crippen LogP contribution in [0.3, 0.4) is 0 Å². The summed E-state index contributed by atoms with van der Waals surface area (Å²) in [5, 5.41) is 12.3. The second-order valence-electron chi connectivity index (χ2n) is 4.22. The van der Waals surface area contributed by atoms with E-state index in [0.717, 1.165) is 5.69 Å². The van der Waals surface area contributed by atoms with Gasteiger partial charge in [0.2, 0.25) is 0 Å². The molecule has 16 heavy (non-hydrogen) atoms. The first-order valence-electron chi connectivity index (χ1n) is 5.55. The fourth-order valence-electron chi connectivity index (χ4n) is 1.59. The molecule has 0 aliphatic carbocycles. The van der Waals surface area contributed by atoms with Crippen molar-refractivity contribution in [3.8, 4) is 6.07 Å². The SMILES string of the molecule is CC(C)NC(C#N)CN(C)c1ccccc1. The number of nitriles is 1. The molecule has 86 valence electrons. The highest BCUT2D eigenvalue weighted by Crippen LogP contribution is 2.11. The van der Waals surface area contributed by atoms with Gasteiger partial charge in [-0.15, -0.1) is 0 Å². The van der Waals surface area contributed by atoms with Crippen molar-refractivity contribution in [2.24, 2.45) is 0 Å². The molecule has 3 nitrogen and oxygen atoms in total. The van der Waals surface area contributed by atoms with E-state index >= 15 is 0 Å². The molecule has 0 aromatic heterocycles. The minimum absolute atomic E-state index is 0.134. The lowest BCUT2D eigenvalue weighted by molar-refractivity contribution is 0.528. The summed E-state index contributed by atoms with van der Waals surface area (Å²) in [4.78, 5) is 2.09. The van der Waals surface area contributed by atoms with Crippen molar-refractivity contribution in [2.45, 2.75) is 25.9 Å². The lowest BCUT2D eigenvalue weighted by Gasteiger charge is -2.23. The van der Waals surface area contributed by atoms with Gasteiger partial charge in [-0.05, 0) is 26.0 Å². The number of likely N-dealkylation sites (N-methyl/N-ethyl adjacent to an activating group) is 1. The molecule has 1 N–H and O–H groups in total. The third-order valence-electron chi connectivity index (χ3n) is 2.34. The molecule has 1 atom stereocenters. The van der Waals surface area contributed by atoms with Crippen LogP contribution in [0.1, 0.15) is 13.8 Å². The van der Waals surface area contributed by atoms with Crippen LogP contribution in [0.5, 0.6) is 0 Å². The molecule has 0 radical (unpaired) electrons. The van der Waals surface area contributed by atoms with Crippen molar-refractivity contribution in [1.29, 1.82) is 5.26 Å². The predicted molar refractivity (Wildman–Crippen MR) is 67.4 cm³/mol. The molecule has 3 heteroatoms. The molecule has 0 aliphatic rings. The standard InChI is InChI=1S/C13H19N3/c1-11(2)15-12(9-14)10-16(3)13-7-5-4-6-8-13/h4-8,11-12,15H,10H2,1-3H3. The van der Waals surface area contributed by atoms with Crippen molar-refractivity contribution in [2.75, 3.05) is 18.5 Å². The number of benzene rings is 1. The number of hydrogen-bond donors (Lipinski definition) is 1. The Kier molecular flexibility index (Phi) is 4.81. The number of nitrogens with zero attached hydrogens (tertiary/aromatic N) is 2. The number of para-hydroxylation sites is 1. The van der Waals surface area contributed by atoms with Crippen LogP contribution < -0.4 is 10.2 Å². The molecule has 1 aromatic carbocycles. The van der Waals surface area contributed by atoms with E-state index in [1.165, 1.54) is 0 Å². The van der Waals surface area contributed by atoms with Crippen molar-refractivity contribution in [3.63, 3.8) is 0 Å². The van der Waals surface area contributed by atoms with Crippen LogP contribution in [-0.2, 0) is 0 Å². The molecule has 0 amide bonds. The van der Waals surface area contributed by atoms with E-state index in [1.807, 2.05) is 51.2 Å². The molecule has 0 saturated heterocycles. The Labute approximate surface area is 97.7 Å². The molecular weight excluding hydrogens is 198 g/mol. The largest absolute Gasteiger partial charge is 0.372 e. The van der Waals surface area contributed by atoms with E-state index in [4.69, 9.17) is 5.26 Å². The Hall–Kier alpha value is -1.53. The van der Waals surface area contributed by atoms with Crippen LogP contribution in [0.25, 0.3) is 0 Å². The Morgan fingerprint density at radius 2 is 1.94 bits per heavy atom. The molecule has 0 saturated carbocycles. The van der Waals surface area contributed by atoms with E-state index in [2.05, 4.69) is 16.3 Å². The van der Waals surface area contributed by atoms with Gasteiger partial charge in [0.05, 0.1) is 6.07 Å². The van der Waals surface area contributed by atoms with Crippen molar-refractivity contribution in [1.82, 2.24) is 5.32 Å². The average Bonchev–Trinajstić information content (AvgIpc) is 2.28. The quantitative estimate of drug-likeness (QED) is 0.820. The Bertz CT molecular complexity index is 340. The van der Waals surface area contributed by atoms with Crippen LogP contribution in [0.2, 0.25) is 0 Å². The third kappa shape index (κ3) is 3.92. The maximum atomic E-state index is 9.03. The zero-order valence-corrected chi connectivity index (χ0v) is 10.1. The second-order valence-corrected chi connectivity index (χ2v) is 4.22. The summed E-state index contributed by atoms with van der Waals surface area (Å²) in [6.45, 7) is 4.79. The van der Waals surface area contributed by atoms with Crippen LogP contribution >= 0.6 is 0 Å². The molecule has 0 heterocycles. The first-order valence-corrected chi connectivity index (χ1v) is 5.55. The molecule has 1 rings (SSSR count). The van der Waals surface area contributed by atoms with E-state index in [0.29, 0.717) is 12.6 Å². The molecule has 0 fully saturated rings. The van der Waals surface area contributed by atoms with Gasteiger partial charge in [0, 0.05) is 25.3 Å². The van der Waals surface area contributed by atoms with E-state index in [1.54, 1.807) is 0 Å². The molecular formula is C13H19N3. The maximum Gasteiger partial charge on any atom is 0.113 e. The predicted octanol–water partition coefficient (Wildman–Crippen LogP) is 2.01. The average molecular weight is 217 g/mol. The van der Waals surface area contributed by atoms with Crippen LogP contribution in [0.15, 0.2) is 30.3 Å².